The molecule has 0 unspecified atom stereocenters. The van der Waals surface area contributed by atoms with Gasteiger partial charge in [-0.25, -0.2) is 9.86 Å². The molecule has 2 aliphatic rings. The Labute approximate surface area is 171 Å². The van der Waals surface area contributed by atoms with E-state index < -0.39 is 23.0 Å². The van der Waals surface area contributed by atoms with Crippen molar-refractivity contribution in [1.82, 2.24) is 0 Å². The van der Waals surface area contributed by atoms with Crippen LogP contribution in [0.4, 0.5) is 5.69 Å². The van der Waals surface area contributed by atoms with Crippen molar-refractivity contribution in [2.75, 3.05) is 5.06 Å². The molecule has 5 heteroatoms. The monoisotopic (exact) mass is 393 g/mol. The Balaban J connectivity index is 1.80. The Kier molecular flexibility index (Phi) is 4.74. The van der Waals surface area contributed by atoms with Crippen LogP contribution >= 0.6 is 0 Å². The number of para-hydroxylation sites is 1. The second-order valence-electron chi connectivity index (χ2n) is 8.77. The van der Waals surface area contributed by atoms with E-state index in [-0.39, 0.29) is 12.0 Å². The number of benzene rings is 2. The first kappa shape index (κ1) is 19.6. The molecule has 5 nitrogen and oxygen atoms in total. The maximum Gasteiger partial charge on any atom is 0.378 e. The quantitative estimate of drug-likeness (QED) is 0.575. The second kappa shape index (κ2) is 6.99. The number of rotatable bonds is 4. The minimum Gasteiger partial charge on any atom is -0.454 e. The van der Waals surface area contributed by atoms with Gasteiger partial charge in [0.15, 0.2) is 5.60 Å². The van der Waals surface area contributed by atoms with Crippen LogP contribution in [0, 0.1) is 0 Å². The molecule has 0 spiro atoms. The number of nitrogens with zero attached hydrogens (tertiary/aromatic N) is 1. The van der Waals surface area contributed by atoms with Gasteiger partial charge < -0.3 is 4.74 Å². The van der Waals surface area contributed by atoms with Gasteiger partial charge in [-0.3, -0.25) is 9.63 Å². The maximum absolute atomic E-state index is 13.5. The van der Waals surface area contributed by atoms with E-state index in [0.29, 0.717) is 6.42 Å². The number of hydrogen-bond donors (Lipinski definition) is 0. The molecule has 1 saturated heterocycles. The van der Waals surface area contributed by atoms with Gasteiger partial charge >= 0.3 is 5.97 Å². The molecule has 3 atom stereocenters. The van der Waals surface area contributed by atoms with Gasteiger partial charge in [-0.2, -0.15) is 0 Å². The topological polar surface area (TPSA) is 55.8 Å². The largest absolute Gasteiger partial charge is 0.454 e. The fourth-order valence-electron chi connectivity index (χ4n) is 4.60. The van der Waals surface area contributed by atoms with Crippen molar-refractivity contribution in [3.05, 3.63) is 65.7 Å². The molecule has 1 fully saturated rings. The summed E-state index contributed by atoms with van der Waals surface area (Å²) < 4.78 is 5.43. The Bertz CT molecular complexity index is 933. The molecule has 1 aliphatic heterocycles. The van der Waals surface area contributed by atoms with E-state index in [2.05, 4.69) is 6.07 Å². The summed E-state index contributed by atoms with van der Waals surface area (Å²) >= 11 is 0. The van der Waals surface area contributed by atoms with Crippen LogP contribution < -0.4 is 5.06 Å². The zero-order chi connectivity index (χ0) is 20.8. The zero-order valence-corrected chi connectivity index (χ0v) is 17.3. The van der Waals surface area contributed by atoms with Gasteiger partial charge in [0, 0.05) is 5.92 Å². The number of hydroxylamine groups is 1. The average molecular weight is 393 g/mol. The van der Waals surface area contributed by atoms with E-state index in [4.69, 9.17) is 9.57 Å². The van der Waals surface area contributed by atoms with Gasteiger partial charge in [0.1, 0.15) is 5.60 Å². The summed E-state index contributed by atoms with van der Waals surface area (Å²) in [5, 5.41) is 1.83. The Morgan fingerprint density at radius 1 is 1.10 bits per heavy atom. The molecule has 4 rings (SSSR count). The number of ketones is 1. The van der Waals surface area contributed by atoms with Crippen LogP contribution in [0.5, 0.6) is 0 Å². The number of Topliss-reactive ketones (excluding diaryl/α,β-unsaturated/α-hetero) is 1. The molecule has 0 radical (unpaired) electrons. The summed E-state index contributed by atoms with van der Waals surface area (Å²) in [5.41, 5.74) is 1.13. The summed E-state index contributed by atoms with van der Waals surface area (Å²) in [5.74, 6) is -1.68. The number of hydrogen-bond acceptors (Lipinski definition) is 5. The summed E-state index contributed by atoms with van der Waals surface area (Å²) in [6.45, 7) is 7.18. The van der Waals surface area contributed by atoms with E-state index in [1.807, 2.05) is 60.5 Å². The molecular weight excluding hydrogens is 366 g/mol. The number of ether oxygens (including phenoxy) is 1. The Morgan fingerprint density at radius 2 is 1.76 bits per heavy atom. The van der Waals surface area contributed by atoms with Crippen LogP contribution in [-0.4, -0.2) is 29.0 Å². The van der Waals surface area contributed by atoms with Crippen LogP contribution in [-0.2, 0) is 25.6 Å². The first-order chi connectivity index (χ1) is 13.8. The highest BCUT2D eigenvalue weighted by molar-refractivity contribution is 6.37. The van der Waals surface area contributed by atoms with Gasteiger partial charge in [0.2, 0.25) is 0 Å². The predicted octanol–water partition coefficient (Wildman–Crippen LogP) is 4.21. The van der Waals surface area contributed by atoms with Crippen LogP contribution in [0.15, 0.2) is 54.6 Å². The van der Waals surface area contributed by atoms with E-state index in [1.165, 1.54) is 5.56 Å². The zero-order valence-electron chi connectivity index (χ0n) is 17.3. The van der Waals surface area contributed by atoms with Gasteiger partial charge in [0.25, 0.3) is 5.78 Å². The number of anilines is 1. The van der Waals surface area contributed by atoms with Crippen molar-refractivity contribution in [2.45, 2.75) is 63.7 Å². The highest BCUT2D eigenvalue weighted by Crippen LogP contribution is 2.53. The summed E-state index contributed by atoms with van der Waals surface area (Å²) in [6, 6.07) is 17.8. The smallest absolute Gasteiger partial charge is 0.378 e. The molecule has 152 valence electrons. The third kappa shape index (κ3) is 3.23. The van der Waals surface area contributed by atoms with E-state index in [1.54, 1.807) is 20.8 Å². The molecule has 0 N–H and O–H groups in total. The lowest BCUT2D eigenvalue weighted by atomic mass is 9.77. The first-order valence-corrected chi connectivity index (χ1v) is 10.2. The second-order valence-corrected chi connectivity index (χ2v) is 8.77. The van der Waals surface area contributed by atoms with Crippen LogP contribution in [0.3, 0.4) is 0 Å². The first-order valence-electron chi connectivity index (χ1n) is 10.2. The van der Waals surface area contributed by atoms with Crippen molar-refractivity contribution >= 4 is 17.4 Å². The van der Waals surface area contributed by atoms with Crippen LogP contribution in [0.1, 0.15) is 51.2 Å². The van der Waals surface area contributed by atoms with Crippen molar-refractivity contribution in [2.24, 2.45) is 0 Å². The minimum absolute atomic E-state index is 0.0545. The summed E-state index contributed by atoms with van der Waals surface area (Å²) in [4.78, 5) is 32.7. The number of carbonyl (C=O) groups excluding carboxylic acids is 2. The molecule has 29 heavy (non-hydrogen) atoms. The fraction of sp³-hybridized carbons (Fsp3) is 0.417. The van der Waals surface area contributed by atoms with Crippen molar-refractivity contribution in [3.63, 3.8) is 0 Å². The molecule has 2 aromatic carbocycles. The number of fused-ring (bicyclic) bond motifs is 3. The van der Waals surface area contributed by atoms with E-state index >= 15 is 0 Å². The normalized spacial score (nSPS) is 25.4. The Morgan fingerprint density at radius 3 is 2.41 bits per heavy atom. The molecule has 0 aromatic heterocycles. The maximum atomic E-state index is 13.5. The molecular formula is C24H27NO4. The molecule has 0 bridgehead atoms. The van der Waals surface area contributed by atoms with E-state index in [9.17, 15) is 9.59 Å². The Hall–Kier alpha value is -2.66. The van der Waals surface area contributed by atoms with Crippen molar-refractivity contribution in [1.29, 1.82) is 0 Å². The molecule has 2 aromatic rings. The standard InChI is InChI=1S/C24H27NO4/c1-5-24(21(26)22(27)28-23(2,3)4)20-18-14-10-9-11-16(18)15-19(20)25(29-24)17-12-7-6-8-13-17/h6-14,19-20H,5,15H2,1-4H3/t19-,20+,24+/m0/s1. The lowest BCUT2D eigenvalue weighted by Gasteiger charge is -2.31. The van der Waals surface area contributed by atoms with Crippen LogP contribution in [0.25, 0.3) is 0 Å². The SMILES string of the molecule is CC[C@@]1(C(=O)C(=O)OC(C)(C)C)ON(c2ccccc2)[C@H]2Cc3ccccc3[C@H]21. The third-order valence-electron chi connectivity index (χ3n) is 5.77. The lowest BCUT2D eigenvalue weighted by molar-refractivity contribution is -0.172. The predicted molar refractivity (Wildman–Crippen MR) is 111 cm³/mol. The highest BCUT2D eigenvalue weighted by Gasteiger charge is 2.63. The molecule has 1 heterocycles. The molecule has 1 aliphatic carbocycles. The minimum atomic E-state index is -1.28. The fourth-order valence-corrected chi connectivity index (χ4v) is 4.60. The molecule has 0 saturated carbocycles. The highest BCUT2D eigenvalue weighted by atomic mass is 16.7. The van der Waals surface area contributed by atoms with Gasteiger partial charge in [-0.1, -0.05) is 49.4 Å². The van der Waals surface area contributed by atoms with Gasteiger partial charge in [0.05, 0.1) is 11.7 Å². The number of esters is 1. The lowest BCUT2D eigenvalue weighted by Crippen LogP contribution is -2.49. The summed E-state index contributed by atoms with van der Waals surface area (Å²) in [7, 11) is 0. The van der Waals surface area contributed by atoms with E-state index in [0.717, 1.165) is 17.7 Å². The summed E-state index contributed by atoms with van der Waals surface area (Å²) in [6.07, 6.45) is 1.14. The third-order valence-corrected chi connectivity index (χ3v) is 5.77. The van der Waals surface area contributed by atoms with Crippen molar-refractivity contribution < 1.29 is 19.2 Å². The van der Waals surface area contributed by atoms with Crippen LogP contribution in [0.2, 0.25) is 0 Å². The number of carbonyl (C=O) groups is 2. The van der Waals surface area contributed by atoms with Gasteiger partial charge in [-0.15, -0.1) is 0 Å². The van der Waals surface area contributed by atoms with Crippen molar-refractivity contribution in [3.8, 4) is 0 Å². The molecule has 0 amide bonds. The average Bonchev–Trinajstić information content (AvgIpc) is 3.23. The van der Waals surface area contributed by atoms with Gasteiger partial charge in [-0.05, 0) is 56.9 Å².